The molecular weight excluding hydrogens is 320 g/mol. The van der Waals surface area contributed by atoms with Crippen LogP contribution in [0, 0.1) is 5.41 Å². The van der Waals surface area contributed by atoms with Gasteiger partial charge in [-0.05, 0) is 25.7 Å². The van der Waals surface area contributed by atoms with E-state index in [0.29, 0.717) is 25.9 Å². The van der Waals surface area contributed by atoms with E-state index in [0.717, 1.165) is 37.9 Å². The molecule has 3 fully saturated rings. The minimum Gasteiger partial charge on any atom is -0.378 e. The molecule has 1 atom stereocenters. The van der Waals surface area contributed by atoms with Gasteiger partial charge in [-0.2, -0.15) is 5.10 Å². The number of aryl methyl sites for hydroxylation is 1. The Morgan fingerprint density at radius 1 is 1.32 bits per heavy atom. The molecule has 1 aromatic heterocycles. The van der Waals surface area contributed by atoms with E-state index in [1.54, 1.807) is 18.0 Å². The molecule has 1 spiro atoms. The second kappa shape index (κ2) is 5.83. The largest absolute Gasteiger partial charge is 0.378 e. The first-order chi connectivity index (χ1) is 11.9. The van der Waals surface area contributed by atoms with Crippen molar-refractivity contribution in [2.24, 2.45) is 12.5 Å². The van der Waals surface area contributed by atoms with Gasteiger partial charge in [0.05, 0.1) is 23.9 Å². The summed E-state index contributed by atoms with van der Waals surface area (Å²) in [5.74, 6) is 0.306. The fourth-order valence-corrected chi connectivity index (χ4v) is 4.51. The zero-order chi connectivity index (χ0) is 17.7. The fourth-order valence-electron chi connectivity index (χ4n) is 4.51. The number of nitrogens with zero attached hydrogens (tertiary/aromatic N) is 4. The number of carbonyl (C=O) groups excluding carboxylic acids is 2. The predicted octanol–water partition coefficient (Wildman–Crippen LogP) is 1.33. The highest BCUT2D eigenvalue weighted by Gasteiger charge is 2.50. The van der Waals surface area contributed by atoms with E-state index < -0.39 is 0 Å². The van der Waals surface area contributed by atoms with Crippen LogP contribution in [0.25, 0.3) is 0 Å². The predicted molar refractivity (Wildman–Crippen MR) is 92.0 cm³/mol. The summed E-state index contributed by atoms with van der Waals surface area (Å²) in [5.41, 5.74) is 0.504. The lowest BCUT2D eigenvalue weighted by Gasteiger charge is -2.40. The van der Waals surface area contributed by atoms with Gasteiger partial charge in [0.1, 0.15) is 0 Å². The van der Waals surface area contributed by atoms with Crippen LogP contribution < -0.4 is 4.90 Å². The van der Waals surface area contributed by atoms with E-state index in [-0.39, 0.29) is 22.8 Å². The lowest BCUT2D eigenvalue weighted by molar-refractivity contribution is -0.143. The minimum absolute atomic E-state index is 0.109. The molecule has 136 valence electrons. The van der Waals surface area contributed by atoms with Crippen molar-refractivity contribution in [2.75, 3.05) is 31.6 Å². The van der Waals surface area contributed by atoms with Gasteiger partial charge in [0.25, 0.3) is 0 Å². The Balaban J connectivity index is 1.41. The zero-order valence-corrected chi connectivity index (χ0v) is 15.0. The van der Waals surface area contributed by atoms with Crippen LogP contribution in [0.15, 0.2) is 12.4 Å². The van der Waals surface area contributed by atoms with E-state index >= 15 is 0 Å². The molecular formula is C18H26N4O3. The second-order valence-corrected chi connectivity index (χ2v) is 8.01. The molecule has 0 N–H and O–H groups in total. The van der Waals surface area contributed by atoms with Crippen LogP contribution in [0.5, 0.6) is 0 Å². The maximum Gasteiger partial charge on any atom is 0.227 e. The van der Waals surface area contributed by atoms with Crippen molar-refractivity contribution in [1.82, 2.24) is 14.7 Å². The molecule has 25 heavy (non-hydrogen) atoms. The zero-order valence-electron chi connectivity index (χ0n) is 15.0. The van der Waals surface area contributed by atoms with E-state index in [2.05, 4.69) is 5.10 Å². The molecule has 4 rings (SSSR count). The molecule has 0 aromatic carbocycles. The summed E-state index contributed by atoms with van der Waals surface area (Å²) in [6.07, 6.45) is 8.56. The Morgan fingerprint density at radius 3 is 2.72 bits per heavy atom. The Morgan fingerprint density at radius 2 is 2.12 bits per heavy atom. The first-order valence-electron chi connectivity index (χ1n) is 9.06. The van der Waals surface area contributed by atoms with Gasteiger partial charge < -0.3 is 14.5 Å². The number of likely N-dealkylation sites (tertiary alicyclic amines) is 1. The van der Waals surface area contributed by atoms with Crippen LogP contribution in [-0.4, -0.2) is 58.8 Å². The van der Waals surface area contributed by atoms with E-state index in [9.17, 15) is 9.59 Å². The lowest BCUT2D eigenvalue weighted by atomic mass is 9.77. The van der Waals surface area contributed by atoms with Gasteiger partial charge in [0.2, 0.25) is 11.8 Å². The third-order valence-corrected chi connectivity index (χ3v) is 6.29. The molecule has 1 aliphatic carbocycles. The standard InChI is InChI=1S/C18H26N4O3/c1-20-11-14(10-19-20)22-13-17(8-16(22)24)6-7-21(12-17)15(23)9-18(25-2)4-3-5-18/h10-11H,3-9,12-13H2,1-2H3. The maximum absolute atomic E-state index is 12.7. The summed E-state index contributed by atoms with van der Waals surface area (Å²) in [6.45, 7) is 2.09. The first-order valence-corrected chi connectivity index (χ1v) is 9.06. The van der Waals surface area contributed by atoms with Crippen LogP contribution in [0.3, 0.4) is 0 Å². The van der Waals surface area contributed by atoms with Crippen molar-refractivity contribution in [3.05, 3.63) is 12.4 Å². The number of aromatic nitrogens is 2. The minimum atomic E-state index is -0.236. The molecule has 3 heterocycles. The molecule has 2 aliphatic heterocycles. The summed E-state index contributed by atoms with van der Waals surface area (Å²) in [7, 11) is 3.56. The smallest absolute Gasteiger partial charge is 0.227 e. The Hall–Kier alpha value is -1.89. The molecule has 3 aliphatic rings. The SMILES string of the molecule is COC1(CC(=O)N2CCC3(CC(=O)N(c4cnn(C)c4)C3)C2)CCC1. The second-order valence-electron chi connectivity index (χ2n) is 8.01. The van der Waals surface area contributed by atoms with Crippen LogP contribution in [0.1, 0.15) is 38.5 Å². The molecule has 0 bridgehead atoms. The molecule has 2 saturated heterocycles. The Kier molecular flexibility index (Phi) is 3.86. The van der Waals surface area contributed by atoms with Crippen molar-refractivity contribution in [3.63, 3.8) is 0 Å². The van der Waals surface area contributed by atoms with E-state index in [1.165, 1.54) is 0 Å². The van der Waals surface area contributed by atoms with Crippen LogP contribution in [-0.2, 0) is 21.4 Å². The van der Waals surface area contributed by atoms with Crippen molar-refractivity contribution in [1.29, 1.82) is 0 Å². The number of hydrogen-bond acceptors (Lipinski definition) is 4. The fraction of sp³-hybridized carbons (Fsp3) is 0.722. The van der Waals surface area contributed by atoms with Gasteiger partial charge in [0, 0.05) is 51.8 Å². The Bertz CT molecular complexity index is 691. The molecule has 7 nitrogen and oxygen atoms in total. The molecule has 2 amide bonds. The van der Waals surface area contributed by atoms with Crippen molar-refractivity contribution < 1.29 is 14.3 Å². The topological polar surface area (TPSA) is 67.7 Å². The number of rotatable bonds is 4. The monoisotopic (exact) mass is 346 g/mol. The van der Waals surface area contributed by atoms with Gasteiger partial charge in [0.15, 0.2) is 0 Å². The van der Waals surface area contributed by atoms with Gasteiger partial charge in [-0.1, -0.05) is 0 Å². The van der Waals surface area contributed by atoms with Gasteiger partial charge in [-0.3, -0.25) is 14.3 Å². The average molecular weight is 346 g/mol. The molecule has 1 aromatic rings. The normalized spacial score (nSPS) is 28.0. The highest BCUT2D eigenvalue weighted by Crippen LogP contribution is 2.43. The first kappa shape index (κ1) is 16.6. The van der Waals surface area contributed by atoms with Crippen molar-refractivity contribution in [2.45, 2.75) is 44.1 Å². The van der Waals surface area contributed by atoms with Gasteiger partial charge in [-0.25, -0.2) is 0 Å². The number of anilines is 1. The summed E-state index contributed by atoms with van der Waals surface area (Å²) in [6, 6.07) is 0. The number of amides is 2. The molecule has 1 saturated carbocycles. The maximum atomic E-state index is 12.7. The van der Waals surface area contributed by atoms with Crippen LogP contribution in [0.2, 0.25) is 0 Å². The quantitative estimate of drug-likeness (QED) is 0.825. The highest BCUT2D eigenvalue weighted by molar-refractivity contribution is 5.96. The summed E-state index contributed by atoms with van der Waals surface area (Å²) < 4.78 is 7.31. The van der Waals surface area contributed by atoms with Crippen molar-refractivity contribution in [3.8, 4) is 0 Å². The Labute approximate surface area is 147 Å². The number of methoxy groups -OCH3 is 1. The van der Waals surface area contributed by atoms with Crippen molar-refractivity contribution >= 4 is 17.5 Å². The van der Waals surface area contributed by atoms with Gasteiger partial charge in [-0.15, -0.1) is 0 Å². The molecule has 7 heteroatoms. The number of hydrogen-bond donors (Lipinski definition) is 0. The molecule has 1 unspecified atom stereocenters. The van der Waals surface area contributed by atoms with Crippen LogP contribution >= 0.6 is 0 Å². The van der Waals surface area contributed by atoms with Crippen LogP contribution in [0.4, 0.5) is 5.69 Å². The summed E-state index contributed by atoms with van der Waals surface area (Å²) in [4.78, 5) is 29.0. The van der Waals surface area contributed by atoms with E-state index in [1.807, 2.05) is 23.0 Å². The summed E-state index contributed by atoms with van der Waals surface area (Å²) >= 11 is 0. The average Bonchev–Trinajstić information content (AvgIpc) is 3.23. The highest BCUT2D eigenvalue weighted by atomic mass is 16.5. The number of ether oxygens (including phenoxy) is 1. The lowest BCUT2D eigenvalue weighted by Crippen LogP contribution is -2.45. The number of carbonyl (C=O) groups is 2. The summed E-state index contributed by atoms with van der Waals surface area (Å²) in [5, 5.41) is 4.16. The molecule has 0 radical (unpaired) electrons. The van der Waals surface area contributed by atoms with Gasteiger partial charge >= 0.3 is 0 Å². The van der Waals surface area contributed by atoms with E-state index in [4.69, 9.17) is 4.74 Å². The third-order valence-electron chi connectivity index (χ3n) is 6.29. The third kappa shape index (κ3) is 2.84.